The number of carbonyl (C=O) groups excluding carboxylic acids is 1. The average molecular weight is 498 g/mol. The Morgan fingerprint density at radius 3 is 2.77 bits per heavy atom. The lowest BCUT2D eigenvalue weighted by atomic mass is 10.0. The molecule has 0 radical (unpaired) electrons. The van der Waals surface area contributed by atoms with Crippen LogP contribution in [-0.4, -0.2) is 53.7 Å². The number of nitrogens with two attached hydrogens (primary N) is 1. The second-order valence-corrected chi connectivity index (χ2v) is 9.65. The van der Waals surface area contributed by atoms with Gasteiger partial charge in [-0.1, -0.05) is 30.3 Å². The van der Waals surface area contributed by atoms with Crippen LogP contribution >= 0.6 is 11.3 Å². The Labute approximate surface area is 207 Å². The van der Waals surface area contributed by atoms with E-state index in [1.54, 1.807) is 18.4 Å². The highest BCUT2D eigenvalue weighted by atomic mass is 32.1. The molecule has 9 nitrogen and oxygen atoms in total. The topological polar surface area (TPSA) is 114 Å². The molecular formula is C25H31N5O4S. The Balaban J connectivity index is 1.65. The van der Waals surface area contributed by atoms with Crippen molar-refractivity contribution in [3.8, 4) is 0 Å². The van der Waals surface area contributed by atoms with Crippen LogP contribution in [-0.2, 0) is 22.5 Å². The van der Waals surface area contributed by atoms with Crippen LogP contribution in [0.5, 0.6) is 0 Å². The van der Waals surface area contributed by atoms with Gasteiger partial charge >= 0.3 is 5.69 Å². The van der Waals surface area contributed by atoms with Crippen LogP contribution < -0.4 is 21.9 Å². The number of nitrogen functional groups attached to an aromatic ring is 1. The summed E-state index contributed by atoms with van der Waals surface area (Å²) in [6.07, 6.45) is 1.40. The van der Waals surface area contributed by atoms with Crippen molar-refractivity contribution in [3.63, 3.8) is 0 Å². The molecule has 1 amide bonds. The number of hydrogen-bond acceptors (Lipinski definition) is 7. The summed E-state index contributed by atoms with van der Waals surface area (Å²) in [6.45, 7) is 3.83. The van der Waals surface area contributed by atoms with Gasteiger partial charge in [-0.2, -0.15) is 0 Å². The summed E-state index contributed by atoms with van der Waals surface area (Å²) in [7, 11) is 1.58. The molecule has 0 saturated heterocycles. The first-order valence-electron chi connectivity index (χ1n) is 11.7. The number of H-pyrrole nitrogens is 1. The zero-order valence-electron chi connectivity index (χ0n) is 20.0. The zero-order chi connectivity index (χ0) is 24.9. The summed E-state index contributed by atoms with van der Waals surface area (Å²) in [4.78, 5) is 46.4. The second kappa shape index (κ2) is 11.0. The van der Waals surface area contributed by atoms with Crippen LogP contribution in [0.2, 0.25) is 0 Å². The molecule has 1 unspecified atom stereocenters. The molecule has 2 aromatic heterocycles. The maximum atomic E-state index is 13.6. The van der Waals surface area contributed by atoms with E-state index in [-0.39, 0.29) is 43.1 Å². The van der Waals surface area contributed by atoms with E-state index in [1.165, 1.54) is 19.9 Å². The number of fused-ring (bicyclic) bond motifs is 1. The van der Waals surface area contributed by atoms with E-state index >= 15 is 0 Å². The maximum absolute atomic E-state index is 13.6. The van der Waals surface area contributed by atoms with Crippen LogP contribution in [0.15, 0.2) is 51.4 Å². The average Bonchev–Trinajstić information content (AvgIpc) is 3.33. The molecule has 0 fully saturated rings. The molecule has 1 atom stereocenters. The van der Waals surface area contributed by atoms with Gasteiger partial charge in [-0.05, 0) is 42.3 Å². The van der Waals surface area contributed by atoms with Gasteiger partial charge in [0.1, 0.15) is 5.82 Å². The molecule has 1 aliphatic rings. The molecule has 0 spiro atoms. The van der Waals surface area contributed by atoms with Gasteiger partial charge in [0, 0.05) is 37.7 Å². The van der Waals surface area contributed by atoms with E-state index in [9.17, 15) is 14.4 Å². The number of aromatic nitrogens is 2. The number of benzene rings is 1. The van der Waals surface area contributed by atoms with Crippen LogP contribution in [0.1, 0.15) is 35.4 Å². The number of methoxy groups -OCH3 is 1. The van der Waals surface area contributed by atoms with Crippen molar-refractivity contribution in [2.45, 2.75) is 32.4 Å². The minimum absolute atomic E-state index is 0.00233. The van der Waals surface area contributed by atoms with Crippen molar-refractivity contribution in [1.29, 1.82) is 0 Å². The van der Waals surface area contributed by atoms with Crippen molar-refractivity contribution in [2.75, 3.05) is 44.0 Å². The Kier molecular flexibility index (Phi) is 7.84. The monoisotopic (exact) mass is 497 g/mol. The van der Waals surface area contributed by atoms with E-state index < -0.39 is 11.2 Å². The number of amides is 1. The Bertz CT molecular complexity index is 1280. The third kappa shape index (κ3) is 5.39. The molecule has 1 aliphatic heterocycles. The van der Waals surface area contributed by atoms with E-state index in [4.69, 9.17) is 10.5 Å². The van der Waals surface area contributed by atoms with E-state index in [0.29, 0.717) is 13.0 Å². The lowest BCUT2D eigenvalue weighted by Gasteiger charge is -2.34. The smallest absolute Gasteiger partial charge is 0.330 e. The SMILES string of the molecule is COCCCN(C(=O)CN1CCc2sccc2C1C)c1c(N)n(Cc2ccccc2)c(=O)[nH]c1=O. The summed E-state index contributed by atoms with van der Waals surface area (Å²) < 4.78 is 6.46. The van der Waals surface area contributed by atoms with Gasteiger partial charge in [-0.3, -0.25) is 24.0 Å². The Hall–Kier alpha value is -3.21. The van der Waals surface area contributed by atoms with E-state index in [2.05, 4.69) is 28.3 Å². The summed E-state index contributed by atoms with van der Waals surface area (Å²) >= 11 is 1.74. The number of thiophene rings is 1. The Morgan fingerprint density at radius 1 is 1.26 bits per heavy atom. The highest BCUT2D eigenvalue weighted by molar-refractivity contribution is 7.10. The lowest BCUT2D eigenvalue weighted by Crippen LogP contribution is -2.47. The van der Waals surface area contributed by atoms with Gasteiger partial charge in [0.25, 0.3) is 5.56 Å². The predicted molar refractivity (Wildman–Crippen MR) is 138 cm³/mol. The van der Waals surface area contributed by atoms with Gasteiger partial charge in [0.05, 0.1) is 13.1 Å². The van der Waals surface area contributed by atoms with Crippen LogP contribution in [0, 0.1) is 0 Å². The van der Waals surface area contributed by atoms with Crippen LogP contribution in [0.25, 0.3) is 0 Å². The summed E-state index contributed by atoms with van der Waals surface area (Å²) in [6, 6.07) is 11.6. The van der Waals surface area contributed by atoms with Crippen molar-refractivity contribution in [1.82, 2.24) is 14.5 Å². The highest BCUT2D eigenvalue weighted by Gasteiger charge is 2.30. The molecule has 3 aromatic rings. The van der Waals surface area contributed by atoms with Crippen molar-refractivity contribution >= 4 is 28.7 Å². The number of nitrogens with zero attached hydrogens (tertiary/aromatic N) is 3. The lowest BCUT2D eigenvalue weighted by molar-refractivity contribution is -0.120. The number of hydrogen-bond donors (Lipinski definition) is 2. The molecule has 3 heterocycles. The van der Waals surface area contributed by atoms with Gasteiger partial charge in [-0.25, -0.2) is 4.79 Å². The molecule has 186 valence electrons. The molecule has 35 heavy (non-hydrogen) atoms. The standard InChI is InChI=1S/C25H31N5O4S/c1-17-19-10-14-35-20(19)9-12-28(17)16-21(31)29(11-6-13-34-2)22-23(26)30(25(33)27-24(22)32)15-18-7-4-3-5-8-18/h3-5,7-8,10,14,17H,6,9,11-13,15-16,26H2,1-2H3,(H,27,32,33). The van der Waals surface area contributed by atoms with Crippen molar-refractivity contribution in [3.05, 3.63) is 78.6 Å². The number of rotatable bonds is 9. The predicted octanol–water partition coefficient (Wildman–Crippen LogP) is 2.22. The minimum Gasteiger partial charge on any atom is -0.385 e. The summed E-state index contributed by atoms with van der Waals surface area (Å²) in [5, 5.41) is 2.08. The number of ether oxygens (including phenoxy) is 1. The molecule has 3 N–H and O–H groups in total. The third-order valence-corrected chi connectivity index (χ3v) is 7.44. The Morgan fingerprint density at radius 2 is 2.03 bits per heavy atom. The minimum atomic E-state index is -0.672. The molecule has 0 saturated carbocycles. The molecule has 0 bridgehead atoms. The third-order valence-electron chi connectivity index (χ3n) is 6.44. The molecule has 0 aliphatic carbocycles. The summed E-state index contributed by atoms with van der Waals surface area (Å²) in [5.41, 5.74) is 7.21. The van der Waals surface area contributed by atoms with Gasteiger partial charge in [0.15, 0.2) is 5.69 Å². The molecule has 10 heteroatoms. The quantitative estimate of drug-likeness (QED) is 0.438. The first-order valence-corrected chi connectivity index (χ1v) is 12.5. The normalized spacial score (nSPS) is 15.7. The fraction of sp³-hybridized carbons (Fsp3) is 0.400. The fourth-order valence-corrected chi connectivity index (χ4v) is 5.49. The zero-order valence-corrected chi connectivity index (χ0v) is 20.8. The number of anilines is 2. The molecular weight excluding hydrogens is 466 g/mol. The van der Waals surface area contributed by atoms with E-state index in [0.717, 1.165) is 18.5 Å². The second-order valence-electron chi connectivity index (χ2n) is 8.65. The van der Waals surface area contributed by atoms with Gasteiger partial charge < -0.3 is 15.4 Å². The maximum Gasteiger partial charge on any atom is 0.330 e. The molecule has 4 rings (SSSR count). The number of nitrogens with one attached hydrogen (secondary N) is 1. The summed E-state index contributed by atoms with van der Waals surface area (Å²) in [5.74, 6) is -0.270. The van der Waals surface area contributed by atoms with Crippen LogP contribution in [0.3, 0.4) is 0 Å². The molecule has 1 aromatic carbocycles. The highest BCUT2D eigenvalue weighted by Crippen LogP contribution is 2.32. The van der Waals surface area contributed by atoms with Crippen LogP contribution in [0.4, 0.5) is 11.5 Å². The van der Waals surface area contributed by atoms with Gasteiger partial charge in [0.2, 0.25) is 5.91 Å². The van der Waals surface area contributed by atoms with Crippen molar-refractivity contribution in [2.24, 2.45) is 0 Å². The first-order chi connectivity index (χ1) is 16.9. The van der Waals surface area contributed by atoms with E-state index in [1.807, 2.05) is 30.3 Å². The van der Waals surface area contributed by atoms with Gasteiger partial charge in [-0.15, -0.1) is 11.3 Å². The largest absolute Gasteiger partial charge is 0.385 e. The first kappa shape index (κ1) is 24.9. The fourth-order valence-electron chi connectivity index (χ4n) is 4.53. The van der Waals surface area contributed by atoms with Crippen molar-refractivity contribution < 1.29 is 9.53 Å². The number of carbonyl (C=O) groups is 1. The number of aromatic amines is 1.